The van der Waals surface area contributed by atoms with Crippen molar-refractivity contribution in [1.29, 1.82) is 0 Å². The third-order valence-corrected chi connectivity index (χ3v) is 4.07. The van der Waals surface area contributed by atoms with Crippen molar-refractivity contribution in [2.75, 3.05) is 0 Å². The summed E-state index contributed by atoms with van der Waals surface area (Å²) in [5, 5.41) is 0. The molecule has 0 spiro atoms. The van der Waals surface area contributed by atoms with Crippen LogP contribution in [0.15, 0.2) is 0 Å². The topological polar surface area (TPSA) is 0 Å². The summed E-state index contributed by atoms with van der Waals surface area (Å²) in [6.45, 7) is 4.70. The van der Waals surface area contributed by atoms with Crippen molar-refractivity contribution < 1.29 is 0 Å². The Hall–Kier alpha value is 0.730. The second-order valence-corrected chi connectivity index (χ2v) is 5.84. The molecule has 0 aromatic rings. The molecule has 0 bridgehead atoms. The van der Waals surface area contributed by atoms with Gasteiger partial charge in [-0.3, -0.25) is 0 Å². The highest BCUT2D eigenvalue weighted by Crippen LogP contribution is 2.35. The minimum atomic E-state index is 0.891. The zero-order valence-corrected chi connectivity index (χ0v) is 9.80. The lowest BCUT2D eigenvalue weighted by Crippen LogP contribution is -2.20. The highest BCUT2D eigenvalue weighted by molar-refractivity contribution is 14.1. The minimum absolute atomic E-state index is 0.891. The maximum absolute atomic E-state index is 2.59. The van der Waals surface area contributed by atoms with Gasteiger partial charge in [0.15, 0.2) is 0 Å². The summed E-state index contributed by atoms with van der Waals surface area (Å²) < 4.78 is 0.891. The van der Waals surface area contributed by atoms with Crippen LogP contribution in [0.4, 0.5) is 0 Å². The Morgan fingerprint density at radius 2 is 2.18 bits per heavy atom. The maximum Gasteiger partial charge on any atom is 0.0110 e. The van der Waals surface area contributed by atoms with E-state index in [-0.39, 0.29) is 0 Å². The van der Waals surface area contributed by atoms with Crippen molar-refractivity contribution in [1.82, 2.24) is 0 Å². The molecule has 0 aromatic heterocycles. The van der Waals surface area contributed by atoms with Crippen molar-refractivity contribution in [2.24, 2.45) is 11.8 Å². The van der Waals surface area contributed by atoms with Gasteiger partial charge < -0.3 is 0 Å². The molecule has 1 heteroatoms. The van der Waals surface area contributed by atoms with Crippen LogP contribution >= 0.6 is 22.6 Å². The highest BCUT2D eigenvalue weighted by atomic mass is 127. The second kappa shape index (κ2) is 4.68. The van der Waals surface area contributed by atoms with Gasteiger partial charge in [-0.25, -0.2) is 0 Å². The van der Waals surface area contributed by atoms with E-state index in [9.17, 15) is 0 Å². The Balaban J connectivity index is 2.33. The van der Waals surface area contributed by atoms with Crippen LogP contribution in [0.5, 0.6) is 0 Å². The molecule has 0 aromatic carbocycles. The van der Waals surface area contributed by atoms with Gasteiger partial charge in [0, 0.05) is 3.92 Å². The minimum Gasteiger partial charge on any atom is -0.0826 e. The summed E-state index contributed by atoms with van der Waals surface area (Å²) in [5.41, 5.74) is 0. The molecule has 3 unspecified atom stereocenters. The summed E-state index contributed by atoms with van der Waals surface area (Å²) in [5.74, 6) is 2.07. The molecule has 0 N–H and O–H groups in total. The molecule has 1 fully saturated rings. The predicted octanol–water partition coefficient (Wildman–Crippen LogP) is 4.03. The zero-order chi connectivity index (χ0) is 8.27. The number of hydrogen-bond acceptors (Lipinski definition) is 0. The molecule has 0 radical (unpaired) electrons. The quantitative estimate of drug-likeness (QED) is 0.523. The summed E-state index contributed by atoms with van der Waals surface area (Å²) in [7, 11) is 0. The fourth-order valence-electron chi connectivity index (χ4n) is 2.12. The van der Waals surface area contributed by atoms with Crippen LogP contribution in [0.1, 0.15) is 46.0 Å². The molecular weight excluding hydrogens is 247 g/mol. The van der Waals surface area contributed by atoms with Crippen LogP contribution in [-0.4, -0.2) is 3.92 Å². The summed E-state index contributed by atoms with van der Waals surface area (Å²) in [4.78, 5) is 0. The smallest absolute Gasteiger partial charge is 0.0110 e. The van der Waals surface area contributed by atoms with E-state index in [4.69, 9.17) is 0 Å². The van der Waals surface area contributed by atoms with Crippen molar-refractivity contribution >= 4 is 22.6 Å². The van der Waals surface area contributed by atoms with E-state index in [0.29, 0.717) is 0 Å². The first kappa shape index (κ1) is 9.82. The lowest BCUT2D eigenvalue weighted by atomic mass is 9.79. The van der Waals surface area contributed by atoms with Crippen LogP contribution < -0.4 is 0 Å². The number of halogens is 1. The van der Waals surface area contributed by atoms with Crippen molar-refractivity contribution in [3.63, 3.8) is 0 Å². The van der Waals surface area contributed by atoms with Gasteiger partial charge in [-0.2, -0.15) is 0 Å². The van der Waals surface area contributed by atoms with E-state index in [1.807, 2.05) is 0 Å². The molecule has 11 heavy (non-hydrogen) atoms. The van der Waals surface area contributed by atoms with Gasteiger partial charge in [-0.05, 0) is 24.7 Å². The first-order valence-corrected chi connectivity index (χ1v) is 6.12. The van der Waals surface area contributed by atoms with Gasteiger partial charge >= 0.3 is 0 Å². The average molecular weight is 266 g/mol. The van der Waals surface area contributed by atoms with Crippen LogP contribution in [0.2, 0.25) is 0 Å². The van der Waals surface area contributed by atoms with E-state index in [1.165, 1.54) is 32.1 Å². The molecule has 0 nitrogen and oxygen atoms in total. The zero-order valence-electron chi connectivity index (χ0n) is 7.65. The SMILES string of the molecule is CCC1CCCC(C(C)I)C1. The van der Waals surface area contributed by atoms with Gasteiger partial charge in [0.1, 0.15) is 0 Å². The van der Waals surface area contributed by atoms with Crippen LogP contribution in [0.3, 0.4) is 0 Å². The van der Waals surface area contributed by atoms with Crippen molar-refractivity contribution in [3.8, 4) is 0 Å². The second-order valence-electron chi connectivity index (χ2n) is 3.88. The Kier molecular flexibility index (Phi) is 4.18. The predicted molar refractivity (Wildman–Crippen MR) is 59.2 cm³/mol. The molecule has 66 valence electrons. The first-order chi connectivity index (χ1) is 5.24. The monoisotopic (exact) mass is 266 g/mol. The van der Waals surface area contributed by atoms with Crippen molar-refractivity contribution in [3.05, 3.63) is 0 Å². The lowest BCUT2D eigenvalue weighted by Gasteiger charge is -2.30. The lowest BCUT2D eigenvalue weighted by molar-refractivity contribution is 0.264. The van der Waals surface area contributed by atoms with Crippen LogP contribution in [0, 0.1) is 11.8 Å². The molecule has 1 rings (SSSR count). The third kappa shape index (κ3) is 2.92. The molecule has 1 saturated carbocycles. The first-order valence-electron chi connectivity index (χ1n) is 4.88. The van der Waals surface area contributed by atoms with Crippen molar-refractivity contribution in [2.45, 2.75) is 49.9 Å². The Morgan fingerprint density at radius 1 is 1.45 bits per heavy atom. The molecule has 1 aliphatic rings. The Bertz CT molecular complexity index is 109. The van der Waals surface area contributed by atoms with E-state index in [0.717, 1.165) is 15.8 Å². The molecular formula is C10H19I. The summed E-state index contributed by atoms with van der Waals surface area (Å²) >= 11 is 2.59. The fourth-order valence-corrected chi connectivity index (χ4v) is 2.77. The van der Waals surface area contributed by atoms with Gasteiger partial charge in [0.05, 0.1) is 0 Å². The van der Waals surface area contributed by atoms with Gasteiger partial charge in [0.25, 0.3) is 0 Å². The Labute approximate surface area is 84.3 Å². The van der Waals surface area contributed by atoms with Gasteiger partial charge in [0.2, 0.25) is 0 Å². The molecule has 0 saturated heterocycles. The standard InChI is InChI=1S/C10H19I/c1-3-9-5-4-6-10(7-9)8(2)11/h8-10H,3-7H2,1-2H3. The van der Waals surface area contributed by atoms with Crippen LogP contribution in [-0.2, 0) is 0 Å². The molecule has 3 atom stereocenters. The molecule has 0 amide bonds. The largest absolute Gasteiger partial charge is 0.0826 e. The summed E-state index contributed by atoms with van der Waals surface area (Å²) in [6, 6.07) is 0. The maximum atomic E-state index is 2.59. The van der Waals surface area contributed by atoms with Gasteiger partial charge in [-0.15, -0.1) is 0 Å². The van der Waals surface area contributed by atoms with E-state index >= 15 is 0 Å². The third-order valence-electron chi connectivity index (χ3n) is 3.05. The summed E-state index contributed by atoms with van der Waals surface area (Å²) in [6.07, 6.45) is 7.37. The highest BCUT2D eigenvalue weighted by Gasteiger charge is 2.23. The van der Waals surface area contributed by atoms with E-state index in [2.05, 4.69) is 36.4 Å². The number of hydrogen-bond donors (Lipinski definition) is 0. The fraction of sp³-hybridized carbons (Fsp3) is 1.00. The number of alkyl halides is 1. The van der Waals surface area contributed by atoms with Gasteiger partial charge in [-0.1, -0.05) is 55.7 Å². The average Bonchev–Trinajstić information content (AvgIpc) is 2.05. The normalized spacial score (nSPS) is 35.2. The van der Waals surface area contributed by atoms with E-state index in [1.54, 1.807) is 0 Å². The van der Waals surface area contributed by atoms with Crippen LogP contribution in [0.25, 0.3) is 0 Å². The molecule has 0 heterocycles. The molecule has 1 aliphatic carbocycles. The van der Waals surface area contributed by atoms with E-state index < -0.39 is 0 Å². The Morgan fingerprint density at radius 3 is 2.73 bits per heavy atom. The number of rotatable bonds is 2. The molecule has 0 aliphatic heterocycles.